The van der Waals surface area contributed by atoms with E-state index in [0.717, 1.165) is 5.65 Å². The Morgan fingerprint density at radius 3 is 2.93 bits per heavy atom. The van der Waals surface area contributed by atoms with Crippen LogP contribution in [-0.2, 0) is 13.6 Å². The molecule has 0 unspecified atom stereocenters. The second-order valence-electron chi connectivity index (χ2n) is 4.02. The van der Waals surface area contributed by atoms with E-state index in [2.05, 4.69) is 9.67 Å². The first-order chi connectivity index (χ1) is 6.81. The molecule has 3 rings (SSSR count). The van der Waals surface area contributed by atoms with Crippen molar-refractivity contribution < 1.29 is 0 Å². The Hall–Kier alpha value is -1.29. The van der Waals surface area contributed by atoms with Crippen LogP contribution in [0.3, 0.4) is 0 Å². The van der Waals surface area contributed by atoms with Crippen molar-refractivity contribution in [3.05, 3.63) is 23.7 Å². The standard InChI is InChI=1S/C10H14N4/c1-13-4-5-14-10(13)8(6-11)9(12-14)7-2-3-7/h4-5,7H,2-3,6,11H2,1H3. The predicted octanol–water partition coefficient (Wildman–Crippen LogP) is 1.01. The summed E-state index contributed by atoms with van der Waals surface area (Å²) in [6.07, 6.45) is 6.55. The summed E-state index contributed by atoms with van der Waals surface area (Å²) >= 11 is 0. The molecule has 1 fully saturated rings. The molecule has 2 N–H and O–H groups in total. The van der Waals surface area contributed by atoms with Gasteiger partial charge in [-0.3, -0.25) is 0 Å². The molecular formula is C10H14N4. The molecule has 0 spiro atoms. The van der Waals surface area contributed by atoms with Crippen LogP contribution in [-0.4, -0.2) is 14.2 Å². The molecule has 4 nitrogen and oxygen atoms in total. The number of nitrogens with two attached hydrogens (primary N) is 1. The molecular weight excluding hydrogens is 176 g/mol. The lowest BCUT2D eigenvalue weighted by Crippen LogP contribution is -2.01. The van der Waals surface area contributed by atoms with Crippen LogP contribution >= 0.6 is 0 Å². The third-order valence-corrected chi connectivity index (χ3v) is 2.95. The normalized spacial score (nSPS) is 16.7. The summed E-state index contributed by atoms with van der Waals surface area (Å²) in [5, 5.41) is 4.58. The molecule has 2 aromatic heterocycles. The van der Waals surface area contributed by atoms with Crippen molar-refractivity contribution in [1.82, 2.24) is 14.2 Å². The van der Waals surface area contributed by atoms with Crippen molar-refractivity contribution in [3.63, 3.8) is 0 Å². The van der Waals surface area contributed by atoms with Crippen LogP contribution in [0.5, 0.6) is 0 Å². The number of fused-ring (bicyclic) bond motifs is 1. The van der Waals surface area contributed by atoms with Crippen LogP contribution in [0.2, 0.25) is 0 Å². The van der Waals surface area contributed by atoms with Gasteiger partial charge in [0.25, 0.3) is 0 Å². The van der Waals surface area contributed by atoms with Crippen molar-refractivity contribution in [3.8, 4) is 0 Å². The SMILES string of the molecule is Cn1ccn2nc(C3CC3)c(CN)c12. The zero-order chi connectivity index (χ0) is 9.71. The zero-order valence-electron chi connectivity index (χ0n) is 8.27. The highest BCUT2D eigenvalue weighted by atomic mass is 15.3. The lowest BCUT2D eigenvalue weighted by Gasteiger charge is -1.98. The molecule has 1 aliphatic carbocycles. The second kappa shape index (κ2) is 2.60. The van der Waals surface area contributed by atoms with Crippen LogP contribution in [0.15, 0.2) is 12.4 Å². The van der Waals surface area contributed by atoms with E-state index < -0.39 is 0 Å². The van der Waals surface area contributed by atoms with Gasteiger partial charge in [-0.15, -0.1) is 0 Å². The number of hydrogen-bond acceptors (Lipinski definition) is 2. The van der Waals surface area contributed by atoms with E-state index in [4.69, 9.17) is 5.73 Å². The summed E-state index contributed by atoms with van der Waals surface area (Å²) in [6.45, 7) is 0.590. The van der Waals surface area contributed by atoms with Crippen molar-refractivity contribution in [2.75, 3.05) is 0 Å². The first-order valence-corrected chi connectivity index (χ1v) is 5.03. The van der Waals surface area contributed by atoms with E-state index >= 15 is 0 Å². The molecule has 0 bridgehead atoms. The maximum atomic E-state index is 5.79. The molecule has 4 heteroatoms. The Labute approximate surface area is 82.3 Å². The van der Waals surface area contributed by atoms with Gasteiger partial charge in [-0.2, -0.15) is 5.10 Å². The molecule has 14 heavy (non-hydrogen) atoms. The maximum absolute atomic E-state index is 5.79. The van der Waals surface area contributed by atoms with E-state index in [9.17, 15) is 0 Å². The topological polar surface area (TPSA) is 48.2 Å². The highest BCUT2D eigenvalue weighted by molar-refractivity contribution is 5.53. The van der Waals surface area contributed by atoms with Gasteiger partial charge in [0.1, 0.15) is 5.65 Å². The van der Waals surface area contributed by atoms with Gasteiger partial charge in [-0.05, 0) is 12.8 Å². The van der Waals surface area contributed by atoms with Crippen LogP contribution < -0.4 is 5.73 Å². The quantitative estimate of drug-likeness (QED) is 0.768. The Balaban J connectivity index is 2.29. The number of aryl methyl sites for hydroxylation is 1. The Bertz CT molecular complexity index is 475. The van der Waals surface area contributed by atoms with Gasteiger partial charge >= 0.3 is 0 Å². The molecule has 0 amide bonds. The fraction of sp³-hybridized carbons (Fsp3) is 0.500. The molecule has 2 aromatic rings. The molecule has 0 saturated heterocycles. The van der Waals surface area contributed by atoms with Gasteiger partial charge in [-0.25, -0.2) is 4.52 Å². The van der Waals surface area contributed by atoms with Gasteiger partial charge < -0.3 is 10.3 Å². The lowest BCUT2D eigenvalue weighted by atomic mass is 10.2. The maximum Gasteiger partial charge on any atom is 0.140 e. The first-order valence-electron chi connectivity index (χ1n) is 5.03. The third kappa shape index (κ3) is 0.944. The van der Waals surface area contributed by atoms with Gasteiger partial charge in [0, 0.05) is 37.5 Å². The van der Waals surface area contributed by atoms with E-state index in [1.807, 2.05) is 24.0 Å². The highest BCUT2D eigenvalue weighted by Crippen LogP contribution is 2.41. The van der Waals surface area contributed by atoms with Crippen LogP contribution in [0.1, 0.15) is 30.0 Å². The van der Waals surface area contributed by atoms with Crippen LogP contribution in [0.4, 0.5) is 0 Å². The molecule has 1 saturated carbocycles. The molecule has 74 valence electrons. The van der Waals surface area contributed by atoms with Crippen LogP contribution in [0.25, 0.3) is 5.65 Å². The summed E-state index contributed by atoms with van der Waals surface area (Å²) in [4.78, 5) is 0. The molecule has 1 aliphatic rings. The fourth-order valence-corrected chi connectivity index (χ4v) is 2.07. The van der Waals surface area contributed by atoms with Gasteiger partial charge in [0.2, 0.25) is 0 Å². The van der Waals surface area contributed by atoms with Gasteiger partial charge in [0.05, 0.1) is 5.69 Å². The summed E-state index contributed by atoms with van der Waals surface area (Å²) in [5.74, 6) is 0.674. The molecule has 2 heterocycles. The average molecular weight is 190 g/mol. The fourth-order valence-electron chi connectivity index (χ4n) is 2.07. The number of aromatic nitrogens is 3. The van der Waals surface area contributed by atoms with Crippen molar-refractivity contribution in [2.24, 2.45) is 12.8 Å². The Morgan fingerprint density at radius 2 is 2.29 bits per heavy atom. The summed E-state index contributed by atoms with van der Waals surface area (Å²) in [6, 6.07) is 0. The van der Waals surface area contributed by atoms with Gasteiger partial charge in [0.15, 0.2) is 0 Å². The van der Waals surface area contributed by atoms with E-state index in [1.165, 1.54) is 24.1 Å². The number of hydrogen-bond donors (Lipinski definition) is 1. The van der Waals surface area contributed by atoms with Gasteiger partial charge in [-0.1, -0.05) is 0 Å². The van der Waals surface area contributed by atoms with Crippen LogP contribution in [0, 0.1) is 0 Å². The van der Waals surface area contributed by atoms with Crippen molar-refractivity contribution >= 4 is 5.65 Å². The van der Waals surface area contributed by atoms with Crippen molar-refractivity contribution in [1.29, 1.82) is 0 Å². The number of rotatable bonds is 2. The minimum absolute atomic E-state index is 0.590. The minimum atomic E-state index is 0.590. The largest absolute Gasteiger partial charge is 0.334 e. The molecule has 0 radical (unpaired) electrons. The Kier molecular flexibility index (Phi) is 1.50. The highest BCUT2D eigenvalue weighted by Gasteiger charge is 2.30. The molecule has 0 aromatic carbocycles. The minimum Gasteiger partial charge on any atom is -0.334 e. The summed E-state index contributed by atoms with van der Waals surface area (Å²) < 4.78 is 4.02. The smallest absolute Gasteiger partial charge is 0.140 e. The molecule has 0 atom stereocenters. The Morgan fingerprint density at radius 1 is 1.50 bits per heavy atom. The zero-order valence-corrected chi connectivity index (χ0v) is 8.27. The monoisotopic (exact) mass is 190 g/mol. The number of nitrogens with zero attached hydrogens (tertiary/aromatic N) is 3. The van der Waals surface area contributed by atoms with E-state index in [0.29, 0.717) is 12.5 Å². The van der Waals surface area contributed by atoms with E-state index in [1.54, 1.807) is 0 Å². The lowest BCUT2D eigenvalue weighted by molar-refractivity contribution is 0.885. The third-order valence-electron chi connectivity index (χ3n) is 2.95. The van der Waals surface area contributed by atoms with E-state index in [-0.39, 0.29) is 0 Å². The summed E-state index contributed by atoms with van der Waals surface area (Å²) in [7, 11) is 2.03. The molecule has 0 aliphatic heterocycles. The summed E-state index contributed by atoms with van der Waals surface area (Å²) in [5.41, 5.74) is 9.38. The first kappa shape index (κ1) is 8.05. The predicted molar refractivity (Wildman–Crippen MR) is 54.0 cm³/mol. The average Bonchev–Trinajstić information content (AvgIpc) is 2.87. The second-order valence-corrected chi connectivity index (χ2v) is 4.02. The van der Waals surface area contributed by atoms with Crippen molar-refractivity contribution in [2.45, 2.75) is 25.3 Å². The number of imidazole rings is 1.